The molecule has 5 nitrogen and oxygen atoms in total. The lowest BCUT2D eigenvalue weighted by atomic mass is 10.1. The number of nitrogens with zero attached hydrogens (tertiary/aromatic N) is 1. The van der Waals surface area contributed by atoms with Gasteiger partial charge < -0.3 is 19.7 Å². The molecule has 1 N–H and O–H groups in total. The summed E-state index contributed by atoms with van der Waals surface area (Å²) in [5, 5.41) is 2.99. The SMILES string of the molecule is O=C(NCCc1ccc2c(c1)CCO2)N1CCOC(c2ccc(F)cc2)C1. The van der Waals surface area contributed by atoms with Gasteiger partial charge in [-0.2, -0.15) is 0 Å². The van der Waals surface area contributed by atoms with Gasteiger partial charge in [0.05, 0.1) is 19.8 Å². The van der Waals surface area contributed by atoms with E-state index in [1.165, 1.54) is 23.3 Å². The van der Waals surface area contributed by atoms with Gasteiger partial charge in [-0.3, -0.25) is 0 Å². The molecule has 2 aliphatic rings. The smallest absolute Gasteiger partial charge is 0.317 e. The lowest BCUT2D eigenvalue weighted by Crippen LogP contribution is -2.47. The Hall–Kier alpha value is -2.60. The van der Waals surface area contributed by atoms with Crippen LogP contribution in [0.2, 0.25) is 0 Å². The van der Waals surface area contributed by atoms with Crippen molar-refractivity contribution < 1.29 is 18.7 Å². The van der Waals surface area contributed by atoms with E-state index in [4.69, 9.17) is 9.47 Å². The van der Waals surface area contributed by atoms with Gasteiger partial charge >= 0.3 is 6.03 Å². The quantitative estimate of drug-likeness (QED) is 0.900. The van der Waals surface area contributed by atoms with Gasteiger partial charge in [-0.1, -0.05) is 24.3 Å². The number of fused-ring (bicyclic) bond motifs is 1. The molecule has 1 saturated heterocycles. The van der Waals surface area contributed by atoms with Crippen molar-refractivity contribution >= 4 is 6.03 Å². The van der Waals surface area contributed by atoms with Crippen molar-refractivity contribution in [2.75, 3.05) is 32.8 Å². The molecule has 2 aliphatic heterocycles. The molecular formula is C21H23FN2O3. The number of amides is 2. The molecular weight excluding hydrogens is 347 g/mol. The van der Waals surface area contributed by atoms with Crippen LogP contribution < -0.4 is 10.1 Å². The van der Waals surface area contributed by atoms with Crippen molar-refractivity contribution in [2.45, 2.75) is 18.9 Å². The first-order valence-electron chi connectivity index (χ1n) is 9.33. The van der Waals surface area contributed by atoms with E-state index in [0.29, 0.717) is 26.2 Å². The van der Waals surface area contributed by atoms with Crippen LogP contribution in [0.3, 0.4) is 0 Å². The van der Waals surface area contributed by atoms with Crippen LogP contribution in [0.1, 0.15) is 22.8 Å². The number of carbonyl (C=O) groups is 1. The Kier molecular flexibility index (Phi) is 5.25. The first kappa shape index (κ1) is 17.8. The average molecular weight is 370 g/mol. The van der Waals surface area contributed by atoms with Crippen LogP contribution in [0.5, 0.6) is 5.75 Å². The molecule has 2 heterocycles. The van der Waals surface area contributed by atoms with E-state index in [9.17, 15) is 9.18 Å². The van der Waals surface area contributed by atoms with Crippen LogP contribution in [0, 0.1) is 5.82 Å². The number of halogens is 1. The van der Waals surface area contributed by atoms with Gasteiger partial charge in [0, 0.05) is 19.5 Å². The van der Waals surface area contributed by atoms with Crippen LogP contribution in [-0.4, -0.2) is 43.8 Å². The van der Waals surface area contributed by atoms with Crippen molar-refractivity contribution in [1.29, 1.82) is 0 Å². The minimum Gasteiger partial charge on any atom is -0.493 e. The molecule has 0 bridgehead atoms. The zero-order valence-electron chi connectivity index (χ0n) is 15.1. The maximum Gasteiger partial charge on any atom is 0.317 e. The van der Waals surface area contributed by atoms with E-state index in [-0.39, 0.29) is 18.0 Å². The lowest BCUT2D eigenvalue weighted by molar-refractivity contribution is -0.0154. The molecule has 4 rings (SSSR count). The predicted molar refractivity (Wildman–Crippen MR) is 99.4 cm³/mol. The van der Waals surface area contributed by atoms with Crippen molar-refractivity contribution in [3.63, 3.8) is 0 Å². The van der Waals surface area contributed by atoms with Crippen LogP contribution in [-0.2, 0) is 17.6 Å². The van der Waals surface area contributed by atoms with Gasteiger partial charge in [-0.15, -0.1) is 0 Å². The Morgan fingerprint density at radius 3 is 2.89 bits per heavy atom. The summed E-state index contributed by atoms with van der Waals surface area (Å²) in [5.74, 6) is 0.699. The third-order valence-corrected chi connectivity index (χ3v) is 5.04. The largest absolute Gasteiger partial charge is 0.493 e. The molecule has 1 atom stereocenters. The van der Waals surface area contributed by atoms with E-state index >= 15 is 0 Å². The number of rotatable bonds is 4. The van der Waals surface area contributed by atoms with Gasteiger partial charge in [0.25, 0.3) is 0 Å². The average Bonchev–Trinajstić information content (AvgIpc) is 3.16. The van der Waals surface area contributed by atoms with Crippen LogP contribution in [0.15, 0.2) is 42.5 Å². The van der Waals surface area contributed by atoms with E-state index in [1.54, 1.807) is 17.0 Å². The number of morpholine rings is 1. The van der Waals surface area contributed by atoms with Crippen LogP contribution in [0.4, 0.5) is 9.18 Å². The third-order valence-electron chi connectivity index (χ3n) is 5.04. The van der Waals surface area contributed by atoms with Gasteiger partial charge in [-0.25, -0.2) is 9.18 Å². The summed E-state index contributed by atoms with van der Waals surface area (Å²) in [6.07, 6.45) is 1.51. The Labute approximate surface area is 158 Å². The molecule has 0 radical (unpaired) electrons. The molecule has 0 aromatic heterocycles. The Morgan fingerprint density at radius 1 is 1.19 bits per heavy atom. The van der Waals surface area contributed by atoms with Gasteiger partial charge in [0.1, 0.15) is 17.7 Å². The third kappa shape index (κ3) is 4.22. The second-order valence-electron chi connectivity index (χ2n) is 6.88. The number of hydrogen-bond donors (Lipinski definition) is 1. The summed E-state index contributed by atoms with van der Waals surface area (Å²) in [6, 6.07) is 12.4. The van der Waals surface area contributed by atoms with Gasteiger partial charge in [-0.05, 0) is 41.3 Å². The minimum absolute atomic E-state index is 0.0881. The van der Waals surface area contributed by atoms with Crippen molar-refractivity contribution in [3.8, 4) is 5.75 Å². The molecule has 142 valence electrons. The summed E-state index contributed by atoms with van der Waals surface area (Å²) in [6.45, 7) is 2.83. The maximum absolute atomic E-state index is 13.1. The fraction of sp³-hybridized carbons (Fsp3) is 0.381. The van der Waals surface area contributed by atoms with Crippen molar-refractivity contribution in [2.24, 2.45) is 0 Å². The van der Waals surface area contributed by atoms with Gasteiger partial charge in [0.15, 0.2) is 0 Å². The van der Waals surface area contributed by atoms with Crippen LogP contribution >= 0.6 is 0 Å². The van der Waals surface area contributed by atoms with Crippen molar-refractivity contribution in [3.05, 3.63) is 65.0 Å². The molecule has 2 aromatic carbocycles. The zero-order valence-corrected chi connectivity index (χ0v) is 15.1. The van der Waals surface area contributed by atoms with E-state index in [0.717, 1.165) is 30.8 Å². The molecule has 0 spiro atoms. The highest BCUT2D eigenvalue weighted by molar-refractivity contribution is 5.74. The maximum atomic E-state index is 13.1. The standard InChI is InChI=1S/C21H23FN2O3/c22-18-4-2-16(3-5-18)20-14-24(10-12-27-20)21(25)23-9-7-15-1-6-19-17(13-15)8-11-26-19/h1-6,13,20H,7-12,14H2,(H,23,25). The van der Waals surface area contributed by atoms with E-state index < -0.39 is 0 Å². The highest BCUT2D eigenvalue weighted by atomic mass is 19.1. The zero-order chi connectivity index (χ0) is 18.6. The molecule has 0 aliphatic carbocycles. The highest BCUT2D eigenvalue weighted by Crippen LogP contribution is 2.26. The van der Waals surface area contributed by atoms with Crippen LogP contribution in [0.25, 0.3) is 0 Å². The van der Waals surface area contributed by atoms with Gasteiger partial charge in [0.2, 0.25) is 0 Å². The number of hydrogen-bond acceptors (Lipinski definition) is 3. The Bertz CT molecular complexity index is 810. The summed E-state index contributed by atoms with van der Waals surface area (Å²) in [7, 11) is 0. The molecule has 2 aromatic rings. The number of carbonyl (C=O) groups excluding carboxylic acids is 1. The summed E-state index contributed by atoms with van der Waals surface area (Å²) in [5.41, 5.74) is 3.33. The monoisotopic (exact) mass is 370 g/mol. The molecule has 1 unspecified atom stereocenters. The lowest BCUT2D eigenvalue weighted by Gasteiger charge is -2.33. The summed E-state index contributed by atoms with van der Waals surface area (Å²) >= 11 is 0. The molecule has 6 heteroatoms. The second-order valence-corrected chi connectivity index (χ2v) is 6.88. The van der Waals surface area contributed by atoms with E-state index in [1.807, 2.05) is 6.07 Å². The predicted octanol–water partition coefficient (Wildman–Crippen LogP) is 3.09. The second kappa shape index (κ2) is 7.96. The number of ether oxygens (including phenoxy) is 2. The molecule has 2 amide bonds. The topological polar surface area (TPSA) is 50.8 Å². The minimum atomic E-state index is -0.276. The molecule has 27 heavy (non-hydrogen) atoms. The van der Waals surface area contributed by atoms with E-state index in [2.05, 4.69) is 17.4 Å². The first-order valence-corrected chi connectivity index (χ1v) is 9.33. The highest BCUT2D eigenvalue weighted by Gasteiger charge is 2.25. The number of nitrogens with one attached hydrogen (secondary N) is 1. The first-order chi connectivity index (χ1) is 13.2. The fourth-order valence-corrected chi connectivity index (χ4v) is 3.53. The number of benzene rings is 2. The summed E-state index contributed by atoms with van der Waals surface area (Å²) in [4.78, 5) is 14.2. The number of urea groups is 1. The fourth-order valence-electron chi connectivity index (χ4n) is 3.53. The normalized spacial score (nSPS) is 18.7. The Morgan fingerprint density at radius 2 is 2.04 bits per heavy atom. The summed E-state index contributed by atoms with van der Waals surface area (Å²) < 4.78 is 24.4. The Balaban J connectivity index is 1.28. The molecule has 0 saturated carbocycles. The van der Waals surface area contributed by atoms with Crippen molar-refractivity contribution in [1.82, 2.24) is 10.2 Å². The molecule has 1 fully saturated rings.